The first-order chi connectivity index (χ1) is 13.0. The number of aliphatic imine (C=N–C) groups is 1. The first kappa shape index (κ1) is 24.4. The molecule has 6 heteroatoms. The van der Waals surface area contributed by atoms with Crippen LogP contribution in [0.1, 0.15) is 45.0 Å². The van der Waals surface area contributed by atoms with Crippen LogP contribution in [-0.2, 0) is 6.42 Å². The second-order valence-electron chi connectivity index (χ2n) is 7.35. The zero-order valence-corrected chi connectivity index (χ0v) is 19.7. The standard InChI is InChI=1S/C22H33N5.HI/c1-5-23-21(25-16-14-20-13-9-10-15-24-20)26-17-22(3,4)27-18(2)19-11-7-6-8-12-19;/h6-13,15,18,27H,5,14,16-17H2,1-4H3,(H2,23,25,26);1H. The van der Waals surface area contributed by atoms with E-state index in [1.165, 1.54) is 5.56 Å². The van der Waals surface area contributed by atoms with Gasteiger partial charge in [-0.3, -0.25) is 9.98 Å². The zero-order chi connectivity index (χ0) is 19.5. The van der Waals surface area contributed by atoms with E-state index >= 15 is 0 Å². The van der Waals surface area contributed by atoms with Crippen molar-refractivity contribution in [3.05, 3.63) is 66.0 Å². The number of guanidine groups is 1. The molecule has 5 nitrogen and oxygen atoms in total. The number of hydrogen-bond donors (Lipinski definition) is 3. The monoisotopic (exact) mass is 495 g/mol. The highest BCUT2D eigenvalue weighted by Gasteiger charge is 2.20. The van der Waals surface area contributed by atoms with Gasteiger partial charge in [-0.15, -0.1) is 24.0 Å². The van der Waals surface area contributed by atoms with E-state index in [0.717, 1.165) is 31.2 Å². The number of aromatic nitrogens is 1. The fourth-order valence-corrected chi connectivity index (χ4v) is 2.93. The number of nitrogens with zero attached hydrogens (tertiary/aromatic N) is 2. The van der Waals surface area contributed by atoms with Crippen molar-refractivity contribution in [1.82, 2.24) is 20.9 Å². The molecule has 2 rings (SSSR count). The van der Waals surface area contributed by atoms with E-state index < -0.39 is 0 Å². The molecule has 1 aromatic heterocycles. The van der Waals surface area contributed by atoms with Crippen LogP contribution < -0.4 is 16.0 Å². The molecule has 0 fully saturated rings. The lowest BCUT2D eigenvalue weighted by Gasteiger charge is -2.29. The summed E-state index contributed by atoms with van der Waals surface area (Å²) < 4.78 is 0. The van der Waals surface area contributed by atoms with Crippen LogP contribution in [0.3, 0.4) is 0 Å². The molecule has 0 saturated carbocycles. The van der Waals surface area contributed by atoms with Crippen LogP contribution in [0.25, 0.3) is 0 Å². The Balaban J connectivity index is 0.00000392. The average molecular weight is 495 g/mol. The van der Waals surface area contributed by atoms with Crippen molar-refractivity contribution in [3.63, 3.8) is 0 Å². The normalized spacial score (nSPS) is 12.8. The second kappa shape index (κ2) is 12.7. The quantitative estimate of drug-likeness (QED) is 0.280. The lowest BCUT2D eigenvalue weighted by molar-refractivity contribution is 0.356. The Morgan fingerprint density at radius 1 is 1.07 bits per heavy atom. The smallest absolute Gasteiger partial charge is 0.191 e. The Labute approximate surface area is 186 Å². The Kier molecular flexibility index (Phi) is 11.1. The number of hydrogen-bond acceptors (Lipinski definition) is 3. The van der Waals surface area contributed by atoms with Crippen molar-refractivity contribution >= 4 is 29.9 Å². The number of rotatable bonds is 9. The second-order valence-corrected chi connectivity index (χ2v) is 7.35. The third kappa shape index (κ3) is 9.01. The molecule has 0 amide bonds. The summed E-state index contributed by atoms with van der Waals surface area (Å²) in [6.45, 7) is 11.0. The SMILES string of the molecule is CCNC(=NCC(C)(C)NC(C)c1ccccc1)NCCc1ccccn1.I. The third-order valence-corrected chi connectivity index (χ3v) is 4.28. The van der Waals surface area contributed by atoms with Gasteiger partial charge in [-0.1, -0.05) is 36.4 Å². The van der Waals surface area contributed by atoms with Crippen molar-refractivity contribution in [2.45, 2.75) is 45.7 Å². The van der Waals surface area contributed by atoms with Crippen molar-refractivity contribution in [1.29, 1.82) is 0 Å². The first-order valence-electron chi connectivity index (χ1n) is 9.75. The van der Waals surface area contributed by atoms with Gasteiger partial charge in [0.2, 0.25) is 0 Å². The average Bonchev–Trinajstić information content (AvgIpc) is 2.67. The van der Waals surface area contributed by atoms with Crippen molar-refractivity contribution in [2.75, 3.05) is 19.6 Å². The number of halogens is 1. The fraction of sp³-hybridized carbons (Fsp3) is 0.455. The molecule has 1 aromatic carbocycles. The van der Waals surface area contributed by atoms with Crippen LogP contribution in [0.2, 0.25) is 0 Å². The highest BCUT2D eigenvalue weighted by atomic mass is 127. The number of nitrogens with one attached hydrogen (secondary N) is 3. The van der Waals surface area contributed by atoms with Crippen molar-refractivity contribution < 1.29 is 0 Å². The molecular formula is C22H34IN5. The van der Waals surface area contributed by atoms with Gasteiger partial charge in [-0.25, -0.2) is 0 Å². The summed E-state index contributed by atoms with van der Waals surface area (Å²) >= 11 is 0. The molecule has 0 spiro atoms. The van der Waals surface area contributed by atoms with Crippen LogP contribution in [-0.4, -0.2) is 36.1 Å². The van der Waals surface area contributed by atoms with Crippen molar-refractivity contribution in [2.24, 2.45) is 4.99 Å². The van der Waals surface area contributed by atoms with Crippen LogP contribution in [0.4, 0.5) is 0 Å². The molecule has 1 unspecified atom stereocenters. The predicted molar refractivity (Wildman–Crippen MR) is 129 cm³/mol. The summed E-state index contributed by atoms with van der Waals surface area (Å²) in [5.74, 6) is 0.843. The van der Waals surface area contributed by atoms with E-state index in [1.807, 2.05) is 30.5 Å². The lowest BCUT2D eigenvalue weighted by Crippen LogP contribution is -2.45. The Morgan fingerprint density at radius 3 is 2.43 bits per heavy atom. The molecule has 0 aliphatic rings. The Bertz CT molecular complexity index is 689. The first-order valence-corrected chi connectivity index (χ1v) is 9.75. The molecule has 154 valence electrons. The van der Waals surface area contributed by atoms with Gasteiger partial charge in [0.05, 0.1) is 6.54 Å². The summed E-state index contributed by atoms with van der Waals surface area (Å²) in [6.07, 6.45) is 2.70. The summed E-state index contributed by atoms with van der Waals surface area (Å²) in [5.41, 5.74) is 2.26. The van der Waals surface area contributed by atoms with Crippen molar-refractivity contribution in [3.8, 4) is 0 Å². The van der Waals surface area contributed by atoms with Gasteiger partial charge in [0.25, 0.3) is 0 Å². The summed E-state index contributed by atoms with van der Waals surface area (Å²) in [6, 6.07) is 16.8. The van der Waals surface area contributed by atoms with Crippen LogP contribution in [0.15, 0.2) is 59.7 Å². The predicted octanol–water partition coefficient (Wildman–Crippen LogP) is 3.93. The number of benzene rings is 1. The van der Waals surface area contributed by atoms with Crippen LogP contribution in [0.5, 0.6) is 0 Å². The summed E-state index contributed by atoms with van der Waals surface area (Å²) in [4.78, 5) is 9.13. The Morgan fingerprint density at radius 2 is 1.79 bits per heavy atom. The largest absolute Gasteiger partial charge is 0.357 e. The number of pyridine rings is 1. The molecule has 2 aromatic rings. The van der Waals surface area contributed by atoms with Gasteiger partial charge in [0.1, 0.15) is 0 Å². The zero-order valence-electron chi connectivity index (χ0n) is 17.4. The van der Waals surface area contributed by atoms with E-state index in [4.69, 9.17) is 4.99 Å². The minimum absolute atomic E-state index is 0. The molecule has 0 radical (unpaired) electrons. The molecule has 0 aliphatic carbocycles. The maximum absolute atomic E-state index is 4.77. The maximum Gasteiger partial charge on any atom is 0.191 e. The minimum Gasteiger partial charge on any atom is -0.357 e. The van der Waals surface area contributed by atoms with Gasteiger partial charge in [0, 0.05) is 43.0 Å². The summed E-state index contributed by atoms with van der Waals surface area (Å²) in [5, 5.41) is 10.4. The van der Waals surface area contributed by atoms with Gasteiger partial charge < -0.3 is 16.0 Å². The van der Waals surface area contributed by atoms with E-state index in [1.54, 1.807) is 0 Å². The topological polar surface area (TPSA) is 61.3 Å². The van der Waals surface area contributed by atoms with Gasteiger partial charge >= 0.3 is 0 Å². The van der Waals surface area contributed by atoms with Gasteiger partial charge in [-0.05, 0) is 45.4 Å². The maximum atomic E-state index is 4.77. The molecule has 0 saturated heterocycles. The van der Waals surface area contributed by atoms with Gasteiger partial charge in [0.15, 0.2) is 5.96 Å². The highest BCUT2D eigenvalue weighted by molar-refractivity contribution is 14.0. The van der Waals surface area contributed by atoms with E-state index in [9.17, 15) is 0 Å². The van der Waals surface area contributed by atoms with Crippen LogP contribution in [0, 0.1) is 0 Å². The van der Waals surface area contributed by atoms with E-state index in [2.05, 4.69) is 72.9 Å². The minimum atomic E-state index is -0.113. The Hall–Kier alpha value is -1.67. The van der Waals surface area contributed by atoms with Crippen LogP contribution >= 0.6 is 24.0 Å². The molecule has 1 heterocycles. The van der Waals surface area contributed by atoms with E-state index in [-0.39, 0.29) is 35.6 Å². The summed E-state index contributed by atoms with van der Waals surface area (Å²) in [7, 11) is 0. The molecule has 0 aliphatic heterocycles. The highest BCUT2D eigenvalue weighted by Crippen LogP contribution is 2.16. The van der Waals surface area contributed by atoms with Gasteiger partial charge in [-0.2, -0.15) is 0 Å². The third-order valence-electron chi connectivity index (χ3n) is 4.28. The fourth-order valence-electron chi connectivity index (χ4n) is 2.93. The molecule has 28 heavy (non-hydrogen) atoms. The molecule has 1 atom stereocenters. The molecule has 3 N–H and O–H groups in total. The molecule has 0 bridgehead atoms. The lowest BCUT2D eigenvalue weighted by atomic mass is 10.0. The molecular weight excluding hydrogens is 461 g/mol. The van der Waals surface area contributed by atoms with E-state index in [0.29, 0.717) is 6.54 Å².